The molecule has 3 heterocycles. The predicted octanol–water partition coefficient (Wildman–Crippen LogP) is 18.1. The number of hydrogen-bond donors (Lipinski definition) is 0. The Balaban J connectivity index is 0.942. The van der Waals surface area contributed by atoms with Gasteiger partial charge >= 0.3 is 0 Å². The fraction of sp³-hybridized carbons (Fsp3) is 0.0294. The van der Waals surface area contributed by atoms with Gasteiger partial charge in [-0.15, -0.1) is 11.3 Å². The molecule has 0 bridgehead atoms. The Morgan fingerprint density at radius 3 is 1.35 bits per heavy atom. The summed E-state index contributed by atoms with van der Waals surface area (Å²) in [6.45, 7) is 0. The summed E-state index contributed by atoms with van der Waals surface area (Å²) in [5.74, 6) is 3.54. The number of nitrogens with zero attached hydrogens (tertiary/aromatic N) is 1. The van der Waals surface area contributed by atoms with Crippen molar-refractivity contribution in [3.63, 3.8) is 0 Å². The number of ether oxygens (including phenoxy) is 2. The van der Waals surface area contributed by atoms with E-state index in [1.165, 1.54) is 75.8 Å². The van der Waals surface area contributed by atoms with Gasteiger partial charge in [0.1, 0.15) is 23.0 Å². The van der Waals surface area contributed by atoms with Crippen molar-refractivity contribution in [1.29, 1.82) is 0 Å². The Morgan fingerprint density at radius 2 is 0.722 bits per heavy atom. The second-order valence-electron chi connectivity index (χ2n) is 19.4. The van der Waals surface area contributed by atoms with Gasteiger partial charge in [-0.1, -0.05) is 176 Å². The van der Waals surface area contributed by atoms with Crippen molar-refractivity contribution in [2.75, 3.05) is 4.90 Å². The van der Waals surface area contributed by atoms with Gasteiger partial charge in [0.25, 0.3) is 0 Å². The first kappa shape index (κ1) is 39.8. The molecule has 4 aliphatic rings. The molecule has 2 spiro atoms. The smallest absolute Gasteiger partial charge is 0.132 e. The van der Waals surface area contributed by atoms with Gasteiger partial charge in [0.05, 0.1) is 10.8 Å². The molecule has 2 aliphatic heterocycles. The molecule has 0 atom stereocenters. The number of hydrogen-bond acceptors (Lipinski definition) is 4. The molecule has 2 aliphatic carbocycles. The molecule has 0 saturated heterocycles. The van der Waals surface area contributed by atoms with Crippen molar-refractivity contribution in [1.82, 2.24) is 0 Å². The van der Waals surface area contributed by atoms with Crippen LogP contribution in [0.4, 0.5) is 17.1 Å². The minimum atomic E-state index is -0.613. The summed E-state index contributed by atoms with van der Waals surface area (Å²) in [6.07, 6.45) is 0. The highest BCUT2D eigenvalue weighted by Crippen LogP contribution is 2.65. The molecular weight excluding hydrogens is 895 g/mol. The normalized spacial score (nSPS) is 14.3. The van der Waals surface area contributed by atoms with Crippen LogP contribution in [0.5, 0.6) is 23.0 Å². The minimum absolute atomic E-state index is 0.565. The first-order valence-electron chi connectivity index (χ1n) is 24.7. The van der Waals surface area contributed by atoms with E-state index in [0.717, 1.165) is 62.3 Å². The van der Waals surface area contributed by atoms with Crippen LogP contribution in [-0.2, 0) is 10.8 Å². The minimum Gasteiger partial charge on any atom is -0.457 e. The average Bonchev–Trinajstić information content (AvgIpc) is 4.06. The first-order chi connectivity index (χ1) is 35.7. The Labute approximate surface area is 421 Å². The highest BCUT2D eigenvalue weighted by atomic mass is 32.1. The third-order valence-electron chi connectivity index (χ3n) is 16.0. The average molecular weight is 936 g/mol. The van der Waals surface area contributed by atoms with E-state index in [4.69, 9.17) is 9.47 Å². The summed E-state index contributed by atoms with van der Waals surface area (Å²) in [5.41, 5.74) is 19.0. The highest BCUT2D eigenvalue weighted by molar-refractivity contribution is 7.25. The summed E-state index contributed by atoms with van der Waals surface area (Å²) < 4.78 is 16.0. The molecule has 0 radical (unpaired) electrons. The lowest BCUT2D eigenvalue weighted by Crippen LogP contribution is -2.32. The molecule has 4 heteroatoms. The van der Waals surface area contributed by atoms with Crippen LogP contribution in [0.25, 0.3) is 53.6 Å². The summed E-state index contributed by atoms with van der Waals surface area (Å²) in [6, 6.07) is 91.5. The molecule has 3 nitrogen and oxygen atoms in total. The number of benzene rings is 11. The van der Waals surface area contributed by atoms with Gasteiger partial charge in [-0.2, -0.15) is 0 Å². The van der Waals surface area contributed by atoms with Crippen LogP contribution in [0.1, 0.15) is 44.5 Å². The van der Waals surface area contributed by atoms with Gasteiger partial charge in [0, 0.05) is 59.5 Å². The molecular formula is C68H41NO2S. The fourth-order valence-corrected chi connectivity index (χ4v) is 14.4. The van der Waals surface area contributed by atoms with Crippen molar-refractivity contribution >= 4 is 48.6 Å². The molecule has 0 saturated carbocycles. The third kappa shape index (κ3) is 5.18. The lowest BCUT2D eigenvalue weighted by molar-refractivity contribution is 0.436. The van der Waals surface area contributed by atoms with Crippen molar-refractivity contribution in [3.05, 3.63) is 293 Å². The maximum atomic E-state index is 6.75. The van der Waals surface area contributed by atoms with Gasteiger partial charge in [-0.3, -0.25) is 0 Å². The number of thiophene rings is 1. The van der Waals surface area contributed by atoms with E-state index in [9.17, 15) is 0 Å². The maximum Gasteiger partial charge on any atom is 0.132 e. The topological polar surface area (TPSA) is 21.7 Å². The van der Waals surface area contributed by atoms with Crippen molar-refractivity contribution in [3.8, 4) is 56.4 Å². The summed E-state index contributed by atoms with van der Waals surface area (Å²) in [4.78, 5) is 2.47. The lowest BCUT2D eigenvalue weighted by Gasteiger charge is -2.40. The van der Waals surface area contributed by atoms with Crippen LogP contribution in [0, 0.1) is 0 Å². The molecule has 0 unspecified atom stereocenters. The maximum absolute atomic E-state index is 6.75. The fourth-order valence-electron chi connectivity index (χ4n) is 13.2. The van der Waals surface area contributed by atoms with E-state index < -0.39 is 10.8 Å². The van der Waals surface area contributed by atoms with Gasteiger partial charge in [0.15, 0.2) is 0 Å². The van der Waals surface area contributed by atoms with E-state index in [0.29, 0.717) is 0 Å². The van der Waals surface area contributed by atoms with Gasteiger partial charge in [-0.25, -0.2) is 0 Å². The van der Waals surface area contributed by atoms with Crippen LogP contribution >= 0.6 is 11.3 Å². The zero-order valence-electron chi connectivity index (χ0n) is 38.8. The second kappa shape index (κ2) is 14.8. The second-order valence-corrected chi connectivity index (χ2v) is 20.5. The SMILES string of the molecule is c1ccc2c(c1)Oc1ccccc1C21c2ccccc2-c2cc(N(c3ccc(-c4cccc5sc6ccccc6c45)cc3)c3ccc4c(c3)C3(c5ccccc5Oc5ccccc53)c3ccccc3-4)ccc21. The van der Waals surface area contributed by atoms with E-state index in [2.05, 4.69) is 254 Å². The molecule has 1 aromatic heterocycles. The predicted molar refractivity (Wildman–Crippen MR) is 294 cm³/mol. The lowest BCUT2D eigenvalue weighted by atomic mass is 9.66. The molecule has 16 rings (SSSR count). The summed E-state index contributed by atoms with van der Waals surface area (Å²) in [5, 5.41) is 2.61. The van der Waals surface area contributed by atoms with Gasteiger partial charge < -0.3 is 14.4 Å². The Hall–Kier alpha value is -8.96. The van der Waals surface area contributed by atoms with Crippen LogP contribution in [0.2, 0.25) is 0 Å². The monoisotopic (exact) mass is 935 g/mol. The molecule has 0 amide bonds. The Bertz CT molecular complexity index is 4170. The van der Waals surface area contributed by atoms with Gasteiger partial charge in [-0.05, 0) is 128 Å². The van der Waals surface area contributed by atoms with Crippen molar-refractivity contribution in [2.45, 2.75) is 10.8 Å². The Morgan fingerprint density at radius 1 is 0.292 bits per heavy atom. The summed E-state index contributed by atoms with van der Waals surface area (Å²) >= 11 is 1.86. The number of anilines is 3. The zero-order chi connectivity index (χ0) is 47.1. The summed E-state index contributed by atoms with van der Waals surface area (Å²) in [7, 11) is 0. The largest absolute Gasteiger partial charge is 0.457 e. The van der Waals surface area contributed by atoms with Crippen LogP contribution in [0.3, 0.4) is 0 Å². The van der Waals surface area contributed by atoms with E-state index in [-0.39, 0.29) is 0 Å². The zero-order valence-corrected chi connectivity index (χ0v) is 39.7. The third-order valence-corrected chi connectivity index (χ3v) is 17.2. The van der Waals surface area contributed by atoms with Crippen molar-refractivity contribution in [2.24, 2.45) is 0 Å². The number of fused-ring (bicyclic) bond motifs is 21. The molecule has 72 heavy (non-hydrogen) atoms. The molecule has 12 aromatic rings. The van der Waals surface area contributed by atoms with Crippen LogP contribution < -0.4 is 14.4 Å². The quantitative estimate of drug-likeness (QED) is 0.176. The first-order valence-corrected chi connectivity index (χ1v) is 25.5. The number of rotatable bonds is 4. The van der Waals surface area contributed by atoms with E-state index >= 15 is 0 Å². The molecule has 336 valence electrons. The van der Waals surface area contributed by atoms with E-state index in [1.54, 1.807) is 0 Å². The molecule has 0 N–H and O–H groups in total. The van der Waals surface area contributed by atoms with Crippen molar-refractivity contribution < 1.29 is 9.47 Å². The highest BCUT2D eigenvalue weighted by Gasteiger charge is 2.53. The van der Waals surface area contributed by atoms with E-state index in [1.807, 2.05) is 11.3 Å². The molecule has 11 aromatic carbocycles. The standard InChI is InChI=1S/C68H41NO2S/c1-4-20-52-47(16-1)49-38-36-45(41-59(49)68(52)57-24-8-12-28-62(57)71-63-29-13-9-25-58(63)68)69(43-34-32-42(33-35-43)46-19-15-31-65-66(46)50-18-3-14-30-64(50)72-65)44-37-39-54-51(40-44)48-17-2-5-21-53(48)67(54)55-22-6-10-26-60(55)70-61-27-11-7-23-56(61)67/h1-41H. The molecule has 0 fully saturated rings. The van der Waals surface area contributed by atoms with Crippen LogP contribution in [-0.4, -0.2) is 0 Å². The van der Waals surface area contributed by atoms with Gasteiger partial charge in [0.2, 0.25) is 0 Å². The Kier molecular flexibility index (Phi) is 8.18. The number of para-hydroxylation sites is 4. The van der Waals surface area contributed by atoms with Crippen LogP contribution in [0.15, 0.2) is 249 Å².